The molecule has 1 amide bonds. The molecule has 6 nitrogen and oxygen atoms in total. The van der Waals surface area contributed by atoms with Crippen LogP contribution in [-0.2, 0) is 19.1 Å². The molecule has 2 rings (SSSR count). The Morgan fingerprint density at radius 2 is 2.11 bits per heavy atom. The quantitative estimate of drug-likeness (QED) is 0.640. The number of amides is 1. The van der Waals surface area contributed by atoms with Gasteiger partial charge in [0.05, 0.1) is 32.7 Å². The Morgan fingerprint density at radius 3 is 2.78 bits per heavy atom. The number of carbonyl (C=O) groups is 2. The van der Waals surface area contributed by atoms with Crippen molar-refractivity contribution in [3.63, 3.8) is 0 Å². The molecule has 0 bridgehead atoms. The molecule has 0 aromatic carbocycles. The van der Waals surface area contributed by atoms with Gasteiger partial charge in [-0.25, -0.2) is 4.79 Å². The van der Waals surface area contributed by atoms with Crippen LogP contribution in [0.1, 0.15) is 0 Å². The van der Waals surface area contributed by atoms with E-state index in [0.717, 1.165) is 13.1 Å². The van der Waals surface area contributed by atoms with Crippen LogP contribution in [-0.4, -0.2) is 79.3 Å². The molecule has 102 valence electrons. The maximum absolute atomic E-state index is 12.2. The van der Waals surface area contributed by atoms with Gasteiger partial charge in [0.15, 0.2) is 0 Å². The van der Waals surface area contributed by atoms with Crippen molar-refractivity contribution < 1.29 is 19.1 Å². The van der Waals surface area contributed by atoms with Crippen LogP contribution in [0.4, 0.5) is 0 Å². The number of nitrogens with zero attached hydrogens (tertiary/aromatic N) is 2. The molecule has 2 aliphatic heterocycles. The summed E-state index contributed by atoms with van der Waals surface area (Å²) >= 11 is 1.59. The van der Waals surface area contributed by atoms with Crippen LogP contribution in [0.2, 0.25) is 0 Å². The van der Waals surface area contributed by atoms with Gasteiger partial charge in [-0.2, -0.15) is 0 Å². The maximum Gasteiger partial charge on any atom is 0.329 e. The van der Waals surface area contributed by atoms with E-state index >= 15 is 0 Å². The van der Waals surface area contributed by atoms with Crippen LogP contribution >= 0.6 is 11.8 Å². The Morgan fingerprint density at radius 1 is 1.39 bits per heavy atom. The fourth-order valence-corrected chi connectivity index (χ4v) is 3.23. The van der Waals surface area contributed by atoms with Gasteiger partial charge in [-0.05, 0) is 0 Å². The van der Waals surface area contributed by atoms with Gasteiger partial charge >= 0.3 is 5.97 Å². The summed E-state index contributed by atoms with van der Waals surface area (Å²) in [6, 6.07) is -0.423. The van der Waals surface area contributed by atoms with Gasteiger partial charge < -0.3 is 14.4 Å². The van der Waals surface area contributed by atoms with E-state index in [0.29, 0.717) is 31.4 Å². The van der Waals surface area contributed by atoms with E-state index in [-0.39, 0.29) is 11.9 Å². The topological polar surface area (TPSA) is 59.1 Å². The normalized spacial score (nSPS) is 25.2. The molecule has 0 aromatic rings. The van der Waals surface area contributed by atoms with Crippen LogP contribution in [0, 0.1) is 0 Å². The van der Waals surface area contributed by atoms with E-state index in [9.17, 15) is 9.59 Å². The monoisotopic (exact) mass is 274 g/mol. The van der Waals surface area contributed by atoms with Crippen molar-refractivity contribution in [2.45, 2.75) is 6.04 Å². The molecule has 2 heterocycles. The van der Waals surface area contributed by atoms with E-state index in [2.05, 4.69) is 4.90 Å². The third kappa shape index (κ3) is 3.15. The fraction of sp³-hybridized carbons (Fsp3) is 0.818. The maximum atomic E-state index is 12.2. The van der Waals surface area contributed by atoms with Crippen molar-refractivity contribution in [1.82, 2.24) is 9.80 Å². The minimum atomic E-state index is -0.423. The van der Waals surface area contributed by atoms with E-state index < -0.39 is 6.04 Å². The summed E-state index contributed by atoms with van der Waals surface area (Å²) in [7, 11) is 1.36. The smallest absolute Gasteiger partial charge is 0.329 e. The van der Waals surface area contributed by atoms with E-state index in [1.807, 2.05) is 0 Å². The van der Waals surface area contributed by atoms with Crippen LogP contribution in [0.15, 0.2) is 0 Å². The van der Waals surface area contributed by atoms with Crippen LogP contribution < -0.4 is 0 Å². The Bertz CT molecular complexity index is 320. The lowest BCUT2D eigenvalue weighted by Crippen LogP contribution is -2.48. The third-order valence-electron chi connectivity index (χ3n) is 3.14. The number of hydrogen-bond donors (Lipinski definition) is 0. The molecular weight excluding hydrogens is 256 g/mol. The SMILES string of the molecule is COC(=O)C1CSCN1C(=O)CN1CCOCC1. The van der Waals surface area contributed by atoms with Crippen LogP contribution in [0.5, 0.6) is 0 Å². The van der Waals surface area contributed by atoms with E-state index in [4.69, 9.17) is 9.47 Å². The number of rotatable bonds is 3. The summed E-state index contributed by atoms with van der Waals surface area (Å²) in [6.45, 7) is 3.24. The zero-order chi connectivity index (χ0) is 13.0. The molecule has 0 spiro atoms. The Labute approximate surface area is 111 Å². The molecule has 2 aliphatic rings. The molecule has 0 aliphatic carbocycles. The molecule has 2 saturated heterocycles. The third-order valence-corrected chi connectivity index (χ3v) is 4.15. The lowest BCUT2D eigenvalue weighted by atomic mass is 10.3. The number of ether oxygens (including phenoxy) is 2. The zero-order valence-corrected chi connectivity index (χ0v) is 11.3. The minimum Gasteiger partial charge on any atom is -0.467 e. The first-order chi connectivity index (χ1) is 8.72. The average molecular weight is 274 g/mol. The summed E-state index contributed by atoms with van der Waals surface area (Å²) in [6.07, 6.45) is 0. The molecule has 0 radical (unpaired) electrons. The summed E-state index contributed by atoms with van der Waals surface area (Å²) in [5.74, 6) is 0.873. The van der Waals surface area contributed by atoms with E-state index in [1.165, 1.54) is 7.11 Å². The molecule has 0 aromatic heterocycles. The zero-order valence-electron chi connectivity index (χ0n) is 10.5. The second-order valence-electron chi connectivity index (χ2n) is 4.29. The van der Waals surface area contributed by atoms with Gasteiger partial charge in [0, 0.05) is 18.8 Å². The van der Waals surface area contributed by atoms with Crippen molar-refractivity contribution in [3.05, 3.63) is 0 Å². The number of morpholine rings is 1. The van der Waals surface area contributed by atoms with Crippen molar-refractivity contribution in [1.29, 1.82) is 0 Å². The molecule has 0 N–H and O–H groups in total. The molecule has 18 heavy (non-hydrogen) atoms. The summed E-state index contributed by atoms with van der Waals surface area (Å²) in [4.78, 5) is 27.4. The van der Waals surface area contributed by atoms with Gasteiger partial charge in [-0.3, -0.25) is 9.69 Å². The van der Waals surface area contributed by atoms with Gasteiger partial charge in [0.1, 0.15) is 6.04 Å². The van der Waals surface area contributed by atoms with Crippen molar-refractivity contribution in [3.8, 4) is 0 Å². The largest absolute Gasteiger partial charge is 0.467 e. The Kier molecular flexibility index (Phi) is 4.85. The number of methoxy groups -OCH3 is 1. The van der Waals surface area contributed by atoms with Gasteiger partial charge in [0.2, 0.25) is 5.91 Å². The summed E-state index contributed by atoms with van der Waals surface area (Å²) < 4.78 is 9.96. The molecule has 1 atom stereocenters. The molecule has 0 saturated carbocycles. The van der Waals surface area contributed by atoms with Crippen molar-refractivity contribution in [2.24, 2.45) is 0 Å². The van der Waals surface area contributed by atoms with Crippen LogP contribution in [0.25, 0.3) is 0 Å². The van der Waals surface area contributed by atoms with Crippen molar-refractivity contribution in [2.75, 3.05) is 51.6 Å². The Balaban J connectivity index is 1.89. The molecule has 7 heteroatoms. The first kappa shape index (κ1) is 13.6. The number of thioether (sulfide) groups is 1. The number of carbonyl (C=O) groups excluding carboxylic acids is 2. The molecule has 1 unspecified atom stereocenters. The number of esters is 1. The predicted molar refractivity (Wildman–Crippen MR) is 67.2 cm³/mol. The highest BCUT2D eigenvalue weighted by Gasteiger charge is 2.35. The highest BCUT2D eigenvalue weighted by atomic mass is 32.2. The Hall–Kier alpha value is -0.790. The lowest BCUT2D eigenvalue weighted by Gasteiger charge is -2.29. The highest BCUT2D eigenvalue weighted by molar-refractivity contribution is 7.99. The second-order valence-corrected chi connectivity index (χ2v) is 5.29. The van der Waals surface area contributed by atoms with Gasteiger partial charge in [-0.15, -0.1) is 11.8 Å². The predicted octanol–water partition coefficient (Wildman–Crippen LogP) is -0.607. The fourth-order valence-electron chi connectivity index (χ4n) is 2.06. The van der Waals surface area contributed by atoms with Crippen LogP contribution in [0.3, 0.4) is 0 Å². The summed E-state index contributed by atoms with van der Waals surface area (Å²) in [5.41, 5.74) is 0. The van der Waals surface area contributed by atoms with Gasteiger partial charge in [0.25, 0.3) is 0 Å². The minimum absolute atomic E-state index is 0.00250. The highest BCUT2D eigenvalue weighted by Crippen LogP contribution is 2.22. The second kappa shape index (κ2) is 6.40. The number of hydrogen-bond acceptors (Lipinski definition) is 6. The first-order valence-corrected chi connectivity index (χ1v) is 7.13. The van der Waals surface area contributed by atoms with Crippen molar-refractivity contribution >= 4 is 23.6 Å². The first-order valence-electron chi connectivity index (χ1n) is 5.97. The lowest BCUT2D eigenvalue weighted by molar-refractivity contribution is -0.151. The molecule has 2 fully saturated rings. The molecular formula is C11H18N2O4S. The van der Waals surface area contributed by atoms with E-state index in [1.54, 1.807) is 16.7 Å². The average Bonchev–Trinajstić information content (AvgIpc) is 2.88. The summed E-state index contributed by atoms with van der Waals surface area (Å²) in [5, 5.41) is 0. The van der Waals surface area contributed by atoms with Gasteiger partial charge in [-0.1, -0.05) is 0 Å². The standard InChI is InChI=1S/C11H18N2O4S/c1-16-11(15)9-7-18-8-13(9)10(14)6-12-2-4-17-5-3-12/h9H,2-8H2,1H3.